The van der Waals surface area contributed by atoms with Gasteiger partial charge in [0.25, 0.3) is 0 Å². The first-order chi connectivity index (χ1) is 13.2. The van der Waals surface area contributed by atoms with Gasteiger partial charge in [-0.25, -0.2) is 0 Å². The number of para-hydroxylation sites is 1. The molecule has 1 saturated heterocycles. The zero-order chi connectivity index (χ0) is 20.6. The summed E-state index contributed by atoms with van der Waals surface area (Å²) >= 11 is 0. The summed E-state index contributed by atoms with van der Waals surface area (Å²) in [6, 6.07) is 9.15. The predicted octanol–water partition coefficient (Wildman–Crippen LogP) is 6.78. The molecular weight excluding hydrogens is 340 g/mol. The first-order valence-corrected chi connectivity index (χ1v) is 11.8. The van der Waals surface area contributed by atoms with Crippen LogP contribution in [0.4, 0.5) is 5.69 Å². The van der Waals surface area contributed by atoms with Crippen molar-refractivity contribution in [2.75, 3.05) is 37.6 Å². The summed E-state index contributed by atoms with van der Waals surface area (Å²) in [6.45, 7) is 20.4. The minimum absolute atomic E-state index is 0.391. The molecular formula is C26H46N2. The number of nitrogens with zero attached hydrogens (tertiary/aromatic N) is 2. The van der Waals surface area contributed by atoms with Gasteiger partial charge in [0.1, 0.15) is 0 Å². The molecule has 0 N–H and O–H groups in total. The van der Waals surface area contributed by atoms with Crippen molar-refractivity contribution in [3.05, 3.63) is 29.8 Å². The normalized spacial score (nSPS) is 16.6. The molecule has 1 aromatic rings. The Kier molecular flexibility index (Phi) is 8.86. The van der Waals surface area contributed by atoms with Crippen LogP contribution in [-0.2, 0) is 6.42 Å². The van der Waals surface area contributed by atoms with E-state index in [-0.39, 0.29) is 0 Å². The Hall–Kier alpha value is -1.02. The van der Waals surface area contributed by atoms with Gasteiger partial charge in [-0.2, -0.15) is 0 Å². The van der Waals surface area contributed by atoms with Crippen molar-refractivity contribution in [3.8, 4) is 0 Å². The quantitative estimate of drug-likeness (QED) is 0.409. The summed E-state index contributed by atoms with van der Waals surface area (Å²) < 4.78 is 0. The molecule has 0 radical (unpaired) electrons. The van der Waals surface area contributed by atoms with Crippen LogP contribution in [0.2, 0.25) is 0 Å². The molecule has 1 aromatic carbocycles. The second-order valence-electron chi connectivity index (χ2n) is 10.9. The van der Waals surface area contributed by atoms with Gasteiger partial charge >= 0.3 is 0 Å². The molecule has 0 saturated carbocycles. The summed E-state index contributed by atoms with van der Waals surface area (Å²) in [7, 11) is 0. The third kappa shape index (κ3) is 8.15. The number of hydrogen-bond donors (Lipinski definition) is 0. The fourth-order valence-corrected chi connectivity index (χ4v) is 5.00. The third-order valence-corrected chi connectivity index (χ3v) is 6.11. The van der Waals surface area contributed by atoms with Crippen LogP contribution in [0.25, 0.3) is 0 Å². The Balaban J connectivity index is 1.88. The van der Waals surface area contributed by atoms with Crippen LogP contribution in [0, 0.1) is 10.8 Å². The van der Waals surface area contributed by atoms with E-state index in [0.29, 0.717) is 10.8 Å². The number of rotatable bonds is 10. The minimum Gasteiger partial charge on any atom is -0.369 e. The lowest BCUT2D eigenvalue weighted by Crippen LogP contribution is -2.46. The van der Waals surface area contributed by atoms with Crippen molar-refractivity contribution in [2.45, 2.75) is 86.5 Å². The van der Waals surface area contributed by atoms with Crippen molar-refractivity contribution in [3.63, 3.8) is 0 Å². The topological polar surface area (TPSA) is 6.48 Å². The van der Waals surface area contributed by atoms with E-state index in [1.54, 1.807) is 5.56 Å². The molecule has 160 valence electrons. The highest BCUT2D eigenvalue weighted by atomic mass is 15.3. The standard InChI is InChI=1S/C26H46N2/c1-7-8-9-12-17-27-18-20-28(21-19-27)24-14-11-10-13-23(24)15-16-26(5,6)22-25(2,3)4/h10-11,13-14H,7-9,12,15-22H2,1-6H3. The Labute approximate surface area is 175 Å². The van der Waals surface area contributed by atoms with E-state index < -0.39 is 0 Å². The summed E-state index contributed by atoms with van der Waals surface area (Å²) in [4.78, 5) is 5.30. The molecule has 2 heteroatoms. The van der Waals surface area contributed by atoms with Gasteiger partial charge in [0.15, 0.2) is 0 Å². The van der Waals surface area contributed by atoms with Gasteiger partial charge in [-0.05, 0) is 54.7 Å². The maximum atomic E-state index is 2.67. The summed E-state index contributed by atoms with van der Waals surface area (Å²) in [5, 5.41) is 0. The van der Waals surface area contributed by atoms with Crippen LogP contribution in [0.1, 0.15) is 85.6 Å². The Morgan fingerprint density at radius 2 is 1.54 bits per heavy atom. The van der Waals surface area contributed by atoms with Crippen LogP contribution in [-0.4, -0.2) is 37.6 Å². The van der Waals surface area contributed by atoms with Crippen molar-refractivity contribution >= 4 is 5.69 Å². The summed E-state index contributed by atoms with van der Waals surface area (Å²) in [5.74, 6) is 0. The van der Waals surface area contributed by atoms with Crippen LogP contribution in [0.15, 0.2) is 24.3 Å². The highest BCUT2D eigenvalue weighted by Gasteiger charge is 2.26. The summed E-state index contributed by atoms with van der Waals surface area (Å²) in [5.41, 5.74) is 3.82. The third-order valence-electron chi connectivity index (χ3n) is 6.11. The molecule has 2 rings (SSSR count). The first-order valence-electron chi connectivity index (χ1n) is 11.8. The van der Waals surface area contributed by atoms with E-state index in [2.05, 4.69) is 75.6 Å². The average molecular weight is 387 g/mol. The van der Waals surface area contributed by atoms with Gasteiger partial charge in [0.2, 0.25) is 0 Å². The Morgan fingerprint density at radius 3 is 2.18 bits per heavy atom. The second-order valence-corrected chi connectivity index (χ2v) is 10.9. The maximum Gasteiger partial charge on any atom is 0.0399 e. The van der Waals surface area contributed by atoms with Gasteiger partial charge in [0.05, 0.1) is 0 Å². The zero-order valence-electron chi connectivity index (χ0n) is 19.7. The molecule has 0 aliphatic carbocycles. The molecule has 1 aliphatic heterocycles. The highest BCUT2D eigenvalue weighted by Crippen LogP contribution is 2.37. The lowest BCUT2D eigenvalue weighted by Gasteiger charge is -2.37. The molecule has 1 aliphatic rings. The smallest absolute Gasteiger partial charge is 0.0399 e. The predicted molar refractivity (Wildman–Crippen MR) is 125 cm³/mol. The monoisotopic (exact) mass is 386 g/mol. The lowest BCUT2D eigenvalue weighted by atomic mass is 9.73. The number of unbranched alkanes of at least 4 members (excludes halogenated alkanes) is 3. The molecule has 0 atom stereocenters. The number of piperazine rings is 1. The lowest BCUT2D eigenvalue weighted by molar-refractivity contribution is 0.199. The number of aryl methyl sites for hydroxylation is 1. The largest absolute Gasteiger partial charge is 0.369 e. The van der Waals surface area contributed by atoms with Crippen molar-refractivity contribution in [1.82, 2.24) is 4.90 Å². The van der Waals surface area contributed by atoms with E-state index in [4.69, 9.17) is 0 Å². The number of benzene rings is 1. The first kappa shape index (κ1) is 23.3. The summed E-state index contributed by atoms with van der Waals surface area (Å²) in [6.07, 6.45) is 9.21. The van der Waals surface area contributed by atoms with Gasteiger partial charge in [-0.15, -0.1) is 0 Å². The molecule has 0 aromatic heterocycles. The highest BCUT2D eigenvalue weighted by molar-refractivity contribution is 5.54. The SMILES string of the molecule is CCCCCCN1CCN(c2ccccc2CCC(C)(C)CC(C)(C)C)CC1. The van der Waals surface area contributed by atoms with Gasteiger partial charge in [0, 0.05) is 31.9 Å². The average Bonchev–Trinajstić information content (AvgIpc) is 2.63. The maximum absolute atomic E-state index is 2.67. The van der Waals surface area contributed by atoms with Crippen LogP contribution < -0.4 is 4.90 Å². The van der Waals surface area contributed by atoms with Gasteiger partial charge in [-0.1, -0.05) is 79.0 Å². The molecule has 0 bridgehead atoms. The van der Waals surface area contributed by atoms with Gasteiger partial charge < -0.3 is 4.90 Å². The fraction of sp³-hybridized carbons (Fsp3) is 0.769. The number of hydrogen-bond acceptors (Lipinski definition) is 2. The van der Waals surface area contributed by atoms with Crippen molar-refractivity contribution < 1.29 is 0 Å². The van der Waals surface area contributed by atoms with E-state index in [1.165, 1.54) is 83.4 Å². The van der Waals surface area contributed by atoms with Crippen molar-refractivity contribution in [2.24, 2.45) is 10.8 Å². The molecule has 2 nitrogen and oxygen atoms in total. The zero-order valence-corrected chi connectivity index (χ0v) is 19.7. The Morgan fingerprint density at radius 1 is 0.857 bits per heavy atom. The fourth-order valence-electron chi connectivity index (χ4n) is 5.00. The Bertz CT molecular complexity index is 562. The molecule has 0 amide bonds. The number of anilines is 1. The molecule has 0 spiro atoms. The molecule has 0 unspecified atom stereocenters. The van der Waals surface area contributed by atoms with Crippen LogP contribution in [0.5, 0.6) is 0 Å². The van der Waals surface area contributed by atoms with Crippen LogP contribution in [0.3, 0.4) is 0 Å². The van der Waals surface area contributed by atoms with Gasteiger partial charge in [-0.3, -0.25) is 4.90 Å². The van der Waals surface area contributed by atoms with E-state index in [1.807, 2.05) is 0 Å². The minimum atomic E-state index is 0.391. The van der Waals surface area contributed by atoms with E-state index in [0.717, 1.165) is 0 Å². The van der Waals surface area contributed by atoms with E-state index >= 15 is 0 Å². The molecule has 1 heterocycles. The molecule has 28 heavy (non-hydrogen) atoms. The van der Waals surface area contributed by atoms with Crippen molar-refractivity contribution in [1.29, 1.82) is 0 Å². The second kappa shape index (κ2) is 10.7. The van der Waals surface area contributed by atoms with E-state index in [9.17, 15) is 0 Å². The van der Waals surface area contributed by atoms with Crippen LogP contribution >= 0.6 is 0 Å². The molecule has 1 fully saturated rings.